The van der Waals surface area contributed by atoms with Crippen LogP contribution < -0.4 is 10.1 Å². The number of nitrogens with zero attached hydrogens (tertiary/aromatic N) is 8. The number of benzene rings is 2. The van der Waals surface area contributed by atoms with E-state index in [-0.39, 0.29) is 24.5 Å². The van der Waals surface area contributed by atoms with Gasteiger partial charge >= 0.3 is 0 Å². The van der Waals surface area contributed by atoms with E-state index in [2.05, 4.69) is 38.6 Å². The van der Waals surface area contributed by atoms with Gasteiger partial charge in [0.05, 0.1) is 28.1 Å². The van der Waals surface area contributed by atoms with Crippen LogP contribution in [0.5, 0.6) is 5.88 Å². The third-order valence-corrected chi connectivity index (χ3v) is 10.2. The van der Waals surface area contributed by atoms with Crippen molar-refractivity contribution in [1.29, 1.82) is 0 Å². The topological polar surface area (TPSA) is 123 Å². The molecule has 12 nitrogen and oxygen atoms in total. The zero-order chi connectivity index (χ0) is 35.3. The Bertz CT molecular complexity index is 2150. The molecule has 8 rings (SSSR count). The number of aryl methyl sites for hydroxylation is 1. The van der Waals surface area contributed by atoms with Crippen LogP contribution in [0.2, 0.25) is 0 Å². The Balaban J connectivity index is 1.07. The zero-order valence-corrected chi connectivity index (χ0v) is 28.9. The van der Waals surface area contributed by atoms with E-state index >= 15 is 4.39 Å². The van der Waals surface area contributed by atoms with Crippen LogP contribution in [-0.2, 0) is 16.6 Å². The van der Waals surface area contributed by atoms with Gasteiger partial charge in [-0.1, -0.05) is 42.5 Å². The maximum absolute atomic E-state index is 15.6. The van der Waals surface area contributed by atoms with Gasteiger partial charge in [-0.15, -0.1) is 0 Å². The Morgan fingerprint density at radius 2 is 1.88 bits per heavy atom. The average molecular weight is 690 g/mol. The van der Waals surface area contributed by atoms with Crippen LogP contribution in [0.15, 0.2) is 73.1 Å². The van der Waals surface area contributed by atoms with Gasteiger partial charge in [0.1, 0.15) is 30.5 Å². The fourth-order valence-electron chi connectivity index (χ4n) is 7.60. The van der Waals surface area contributed by atoms with Gasteiger partial charge < -0.3 is 19.9 Å². The second kappa shape index (κ2) is 13.0. The molecule has 0 radical (unpaired) electrons. The number of hydrogen-bond donors (Lipinski definition) is 1. The number of rotatable bonds is 8. The molecule has 0 bridgehead atoms. The van der Waals surface area contributed by atoms with Crippen molar-refractivity contribution in [2.75, 3.05) is 32.7 Å². The van der Waals surface area contributed by atoms with Gasteiger partial charge in [0, 0.05) is 44.7 Å². The molecule has 3 aliphatic heterocycles. The molecule has 2 saturated heterocycles. The second-order valence-corrected chi connectivity index (χ2v) is 13.9. The fraction of sp³-hybridized carbons (Fsp3) is 0.368. The first kappa shape index (κ1) is 32.8. The van der Waals surface area contributed by atoms with Crippen molar-refractivity contribution in [3.63, 3.8) is 0 Å². The predicted molar refractivity (Wildman–Crippen MR) is 190 cm³/mol. The molecule has 0 saturated carbocycles. The molecule has 1 spiro atoms. The molecular weight excluding hydrogens is 649 g/mol. The highest BCUT2D eigenvalue weighted by Crippen LogP contribution is 2.47. The minimum absolute atomic E-state index is 0.0753. The summed E-state index contributed by atoms with van der Waals surface area (Å²) in [6.45, 7) is 5.95. The fourth-order valence-corrected chi connectivity index (χ4v) is 7.60. The Labute approximate surface area is 294 Å². The summed E-state index contributed by atoms with van der Waals surface area (Å²) in [7, 11) is 1.84. The van der Waals surface area contributed by atoms with Crippen molar-refractivity contribution in [2.45, 2.75) is 45.4 Å². The monoisotopic (exact) mass is 689 g/mol. The number of carbonyl (C=O) groups is 2. The van der Waals surface area contributed by atoms with Gasteiger partial charge in [-0.05, 0) is 62.6 Å². The first-order valence-electron chi connectivity index (χ1n) is 17.4. The highest BCUT2D eigenvalue weighted by atomic mass is 19.1. The summed E-state index contributed by atoms with van der Waals surface area (Å²) >= 11 is 0. The van der Waals surface area contributed by atoms with Crippen molar-refractivity contribution >= 4 is 28.3 Å². The Hall–Kier alpha value is -5.43. The van der Waals surface area contributed by atoms with Gasteiger partial charge in [0.2, 0.25) is 17.7 Å². The van der Waals surface area contributed by atoms with Crippen LogP contribution >= 0.6 is 0 Å². The SMILES string of the molecule is CC(C)Oc1cccc(-c2nn([C@H]3CC4(CCNC4)C(=O)N3CC(=O)N3CC=C(c4ccc(-c5ncn(C)n5)cc4)CC3)c3cccc(F)c23)n1. The molecule has 2 amide bonds. The first-order valence-corrected chi connectivity index (χ1v) is 17.4. The molecule has 262 valence electrons. The minimum atomic E-state index is -0.661. The van der Waals surface area contributed by atoms with Gasteiger partial charge in [0.15, 0.2) is 5.82 Å². The highest BCUT2D eigenvalue weighted by molar-refractivity contribution is 5.94. The average Bonchev–Trinajstić information content (AvgIpc) is 3.93. The summed E-state index contributed by atoms with van der Waals surface area (Å²) in [6, 6.07) is 18.3. The summed E-state index contributed by atoms with van der Waals surface area (Å²) in [5, 5.41) is 13.0. The number of halogens is 1. The van der Waals surface area contributed by atoms with Crippen molar-refractivity contribution < 1.29 is 18.7 Å². The maximum atomic E-state index is 15.6. The summed E-state index contributed by atoms with van der Waals surface area (Å²) in [5.74, 6) is 0.446. The number of fused-ring (bicyclic) bond motifs is 1. The standard InChI is InChI=1S/C38H40FN9O3/c1-24(2)51-31-9-5-7-29(42-31)35-34-28(39)6-4-8-30(34)48(43-35)32-20-38(16-17-40-22-38)37(50)47(32)21-33(49)46-18-14-26(15-19-46)25-10-12-27(13-11-25)36-41-23-45(3)44-36/h4-14,23-24,32,40H,15-22H2,1-3H3/t32-,38?/m0/s1. The number of hydrogen-bond acceptors (Lipinski definition) is 8. The summed E-state index contributed by atoms with van der Waals surface area (Å²) in [6.07, 6.45) is 4.90. The minimum Gasteiger partial charge on any atom is -0.475 e. The lowest BCUT2D eigenvalue weighted by Gasteiger charge is -2.31. The highest BCUT2D eigenvalue weighted by Gasteiger charge is 2.54. The number of pyridine rings is 1. The number of nitrogens with one attached hydrogen (secondary N) is 1. The number of ether oxygens (including phenoxy) is 1. The Morgan fingerprint density at radius 3 is 2.59 bits per heavy atom. The summed E-state index contributed by atoms with van der Waals surface area (Å²) < 4.78 is 24.9. The van der Waals surface area contributed by atoms with E-state index in [1.54, 1.807) is 43.7 Å². The molecule has 5 aromatic rings. The number of aromatic nitrogens is 6. The maximum Gasteiger partial charge on any atom is 0.242 e. The molecule has 51 heavy (non-hydrogen) atoms. The van der Waals surface area contributed by atoms with Gasteiger partial charge in [0.25, 0.3) is 0 Å². The lowest BCUT2D eigenvalue weighted by molar-refractivity contribution is -0.143. The van der Waals surface area contributed by atoms with Crippen molar-refractivity contribution in [2.24, 2.45) is 12.5 Å². The Morgan fingerprint density at radius 1 is 1.08 bits per heavy atom. The van der Waals surface area contributed by atoms with E-state index in [9.17, 15) is 9.59 Å². The van der Waals surface area contributed by atoms with Crippen LogP contribution in [-0.4, -0.2) is 90.0 Å². The smallest absolute Gasteiger partial charge is 0.242 e. The van der Waals surface area contributed by atoms with Crippen LogP contribution in [0.3, 0.4) is 0 Å². The van der Waals surface area contributed by atoms with Crippen molar-refractivity contribution in [3.05, 3.63) is 84.4 Å². The molecule has 3 aliphatic rings. The molecule has 0 aliphatic carbocycles. The van der Waals surface area contributed by atoms with E-state index < -0.39 is 17.4 Å². The normalized spacial score (nSPS) is 20.6. The number of likely N-dealkylation sites (tertiary alicyclic amines) is 1. The van der Waals surface area contributed by atoms with E-state index in [4.69, 9.17) is 9.84 Å². The largest absolute Gasteiger partial charge is 0.475 e. The van der Waals surface area contributed by atoms with Gasteiger partial charge in [-0.25, -0.2) is 19.0 Å². The second-order valence-electron chi connectivity index (χ2n) is 13.9. The lowest BCUT2D eigenvalue weighted by atomic mass is 9.85. The van der Waals surface area contributed by atoms with Crippen LogP contribution in [0, 0.1) is 11.2 Å². The van der Waals surface area contributed by atoms with E-state index in [1.807, 2.05) is 45.2 Å². The van der Waals surface area contributed by atoms with Gasteiger partial charge in [-0.3, -0.25) is 14.3 Å². The summed E-state index contributed by atoms with van der Waals surface area (Å²) in [4.78, 5) is 40.7. The third kappa shape index (κ3) is 6.05. The molecule has 1 N–H and O–H groups in total. The lowest BCUT2D eigenvalue weighted by Crippen LogP contribution is -2.46. The van der Waals surface area contributed by atoms with Crippen LogP contribution in [0.1, 0.15) is 44.8 Å². The summed E-state index contributed by atoms with van der Waals surface area (Å²) in [5.41, 5.74) is 3.90. The zero-order valence-electron chi connectivity index (χ0n) is 28.9. The number of amides is 2. The molecule has 6 heterocycles. The van der Waals surface area contributed by atoms with Crippen LogP contribution in [0.4, 0.5) is 4.39 Å². The third-order valence-electron chi connectivity index (χ3n) is 10.2. The molecule has 2 aromatic carbocycles. The van der Waals surface area contributed by atoms with Crippen molar-refractivity contribution in [1.82, 2.24) is 44.6 Å². The molecule has 1 unspecified atom stereocenters. The molecule has 13 heteroatoms. The molecule has 3 aromatic heterocycles. The van der Waals surface area contributed by atoms with E-state index in [0.717, 1.165) is 11.1 Å². The van der Waals surface area contributed by atoms with Crippen molar-refractivity contribution in [3.8, 4) is 28.7 Å². The van der Waals surface area contributed by atoms with E-state index in [0.29, 0.717) is 79.4 Å². The quantitative estimate of drug-likeness (QED) is 0.246. The molecule has 2 atom stereocenters. The van der Waals surface area contributed by atoms with E-state index in [1.165, 1.54) is 11.6 Å². The number of carbonyl (C=O) groups excluding carboxylic acids is 2. The predicted octanol–water partition coefficient (Wildman–Crippen LogP) is 4.85. The molecular formula is C38H40FN9O3. The molecule has 2 fully saturated rings. The Kier molecular flexibility index (Phi) is 8.37. The first-order chi connectivity index (χ1) is 24.7. The van der Waals surface area contributed by atoms with Gasteiger partial charge in [-0.2, -0.15) is 10.2 Å². The van der Waals surface area contributed by atoms with Crippen LogP contribution in [0.25, 0.3) is 39.3 Å².